The first-order valence-electron chi connectivity index (χ1n) is 6.20. The van der Waals surface area contributed by atoms with Crippen LogP contribution in [0.15, 0.2) is 0 Å². The van der Waals surface area contributed by atoms with Crippen LogP contribution < -0.4 is 5.32 Å². The highest BCUT2D eigenvalue weighted by Crippen LogP contribution is 2.24. The van der Waals surface area contributed by atoms with Gasteiger partial charge in [0.05, 0.1) is 25.9 Å². The molecule has 3 unspecified atom stereocenters. The third-order valence-electron chi connectivity index (χ3n) is 3.08. The first kappa shape index (κ1) is 13.9. The number of aliphatic hydroxyl groups is 1. The molecule has 0 spiro atoms. The Bertz CT molecular complexity index is 178. The molecule has 1 aliphatic carbocycles. The Morgan fingerprint density at radius 1 is 1.38 bits per heavy atom. The molecule has 1 fully saturated rings. The molecular weight excluding hydrogens is 206 g/mol. The molecular formula is C12H25NO3. The summed E-state index contributed by atoms with van der Waals surface area (Å²) >= 11 is 0. The number of hydrogen-bond donors (Lipinski definition) is 2. The Labute approximate surface area is 98.3 Å². The van der Waals surface area contributed by atoms with E-state index in [-0.39, 0.29) is 0 Å². The van der Waals surface area contributed by atoms with Gasteiger partial charge in [-0.05, 0) is 25.2 Å². The van der Waals surface area contributed by atoms with Gasteiger partial charge in [-0.15, -0.1) is 0 Å². The molecule has 0 aromatic rings. The number of nitrogens with one attached hydrogen (secondary N) is 1. The monoisotopic (exact) mass is 231 g/mol. The van der Waals surface area contributed by atoms with Gasteiger partial charge in [0.1, 0.15) is 0 Å². The summed E-state index contributed by atoms with van der Waals surface area (Å²) in [6.07, 6.45) is 3.36. The van der Waals surface area contributed by atoms with Crippen LogP contribution in [0.2, 0.25) is 0 Å². The second kappa shape index (κ2) is 8.01. The van der Waals surface area contributed by atoms with E-state index in [9.17, 15) is 5.11 Å². The molecule has 0 aromatic carbocycles. The first-order valence-corrected chi connectivity index (χ1v) is 6.20. The summed E-state index contributed by atoms with van der Waals surface area (Å²) in [5.74, 6) is 0.826. The SMILES string of the molecule is COCCOCC(O)CNC1CCC(C)C1. The lowest BCUT2D eigenvalue weighted by Gasteiger charge is -2.16. The predicted octanol–water partition coefficient (Wildman–Crippen LogP) is 0.788. The Morgan fingerprint density at radius 3 is 2.81 bits per heavy atom. The van der Waals surface area contributed by atoms with Crippen molar-refractivity contribution in [2.24, 2.45) is 5.92 Å². The second-order valence-electron chi connectivity index (χ2n) is 4.74. The highest BCUT2D eigenvalue weighted by Gasteiger charge is 2.21. The van der Waals surface area contributed by atoms with E-state index in [0.717, 1.165) is 5.92 Å². The van der Waals surface area contributed by atoms with Gasteiger partial charge in [0.15, 0.2) is 0 Å². The summed E-state index contributed by atoms with van der Waals surface area (Å²) in [6, 6.07) is 0.587. The average Bonchev–Trinajstić information content (AvgIpc) is 2.68. The van der Waals surface area contributed by atoms with E-state index in [4.69, 9.17) is 9.47 Å². The van der Waals surface area contributed by atoms with Crippen molar-refractivity contribution in [3.8, 4) is 0 Å². The number of rotatable bonds is 8. The Morgan fingerprint density at radius 2 is 2.19 bits per heavy atom. The lowest BCUT2D eigenvalue weighted by Crippen LogP contribution is -2.36. The molecule has 16 heavy (non-hydrogen) atoms. The van der Waals surface area contributed by atoms with Crippen molar-refractivity contribution in [3.05, 3.63) is 0 Å². The maximum atomic E-state index is 9.65. The van der Waals surface area contributed by atoms with Gasteiger partial charge >= 0.3 is 0 Å². The Balaban J connectivity index is 1.95. The minimum absolute atomic E-state index is 0.388. The van der Waals surface area contributed by atoms with Crippen molar-refractivity contribution in [2.75, 3.05) is 33.5 Å². The van der Waals surface area contributed by atoms with E-state index in [1.165, 1.54) is 19.3 Å². The van der Waals surface area contributed by atoms with Crippen molar-refractivity contribution in [2.45, 2.75) is 38.3 Å². The lowest BCUT2D eigenvalue weighted by molar-refractivity contribution is 0.0129. The van der Waals surface area contributed by atoms with Gasteiger partial charge in [0.25, 0.3) is 0 Å². The van der Waals surface area contributed by atoms with Gasteiger partial charge in [-0.25, -0.2) is 0 Å². The maximum absolute atomic E-state index is 9.65. The molecule has 0 saturated heterocycles. The van der Waals surface area contributed by atoms with Crippen LogP contribution in [-0.4, -0.2) is 50.7 Å². The van der Waals surface area contributed by atoms with Crippen LogP contribution in [0.4, 0.5) is 0 Å². The molecule has 96 valence electrons. The molecule has 1 rings (SSSR count). The van der Waals surface area contributed by atoms with E-state index in [1.54, 1.807) is 7.11 Å². The van der Waals surface area contributed by atoms with Crippen LogP contribution in [0.1, 0.15) is 26.2 Å². The predicted molar refractivity (Wildman–Crippen MR) is 63.5 cm³/mol. The standard InChI is InChI=1S/C12H25NO3/c1-10-3-4-11(7-10)13-8-12(14)9-16-6-5-15-2/h10-14H,3-9H2,1-2H3. The third-order valence-corrected chi connectivity index (χ3v) is 3.08. The van der Waals surface area contributed by atoms with Gasteiger partial charge in [-0.3, -0.25) is 0 Å². The van der Waals surface area contributed by atoms with Crippen LogP contribution in [0.25, 0.3) is 0 Å². The molecule has 0 aliphatic heterocycles. The largest absolute Gasteiger partial charge is 0.389 e. The summed E-state index contributed by atoms with van der Waals surface area (Å²) in [5, 5.41) is 13.0. The smallest absolute Gasteiger partial charge is 0.0897 e. The number of aliphatic hydroxyl groups excluding tert-OH is 1. The second-order valence-corrected chi connectivity index (χ2v) is 4.74. The normalized spacial score (nSPS) is 27.2. The average molecular weight is 231 g/mol. The van der Waals surface area contributed by atoms with E-state index < -0.39 is 6.10 Å². The van der Waals surface area contributed by atoms with Crippen LogP contribution in [0.5, 0.6) is 0 Å². The Hall–Kier alpha value is -0.160. The van der Waals surface area contributed by atoms with Crippen molar-refractivity contribution in [1.29, 1.82) is 0 Å². The number of ether oxygens (including phenoxy) is 2. The summed E-state index contributed by atoms with van der Waals surface area (Å²) in [4.78, 5) is 0. The lowest BCUT2D eigenvalue weighted by atomic mass is 10.1. The van der Waals surface area contributed by atoms with Gasteiger partial charge in [0.2, 0.25) is 0 Å². The van der Waals surface area contributed by atoms with E-state index in [0.29, 0.717) is 32.4 Å². The number of methoxy groups -OCH3 is 1. The maximum Gasteiger partial charge on any atom is 0.0897 e. The fourth-order valence-electron chi connectivity index (χ4n) is 2.12. The fourth-order valence-corrected chi connectivity index (χ4v) is 2.12. The van der Waals surface area contributed by atoms with E-state index in [2.05, 4.69) is 12.2 Å². The molecule has 2 N–H and O–H groups in total. The van der Waals surface area contributed by atoms with Crippen LogP contribution in [0.3, 0.4) is 0 Å². The van der Waals surface area contributed by atoms with Crippen molar-refractivity contribution >= 4 is 0 Å². The highest BCUT2D eigenvalue weighted by molar-refractivity contribution is 4.79. The van der Waals surface area contributed by atoms with Gasteiger partial charge in [-0.1, -0.05) is 6.92 Å². The molecule has 1 saturated carbocycles. The highest BCUT2D eigenvalue weighted by atomic mass is 16.5. The summed E-state index contributed by atoms with van der Waals surface area (Å²) in [7, 11) is 1.64. The van der Waals surface area contributed by atoms with Crippen LogP contribution in [-0.2, 0) is 9.47 Å². The molecule has 3 atom stereocenters. The first-order chi connectivity index (χ1) is 7.72. The van der Waals surface area contributed by atoms with Gasteiger partial charge in [-0.2, -0.15) is 0 Å². The van der Waals surface area contributed by atoms with Crippen molar-refractivity contribution in [3.63, 3.8) is 0 Å². The fraction of sp³-hybridized carbons (Fsp3) is 1.00. The molecule has 1 aliphatic rings. The number of hydrogen-bond acceptors (Lipinski definition) is 4. The van der Waals surface area contributed by atoms with E-state index >= 15 is 0 Å². The quantitative estimate of drug-likeness (QED) is 0.606. The van der Waals surface area contributed by atoms with Gasteiger partial charge in [0, 0.05) is 19.7 Å². The van der Waals surface area contributed by atoms with E-state index in [1.807, 2.05) is 0 Å². The molecule has 0 bridgehead atoms. The molecule has 0 radical (unpaired) electrons. The van der Waals surface area contributed by atoms with Gasteiger partial charge < -0.3 is 19.9 Å². The molecule has 0 heterocycles. The third kappa shape index (κ3) is 5.80. The zero-order chi connectivity index (χ0) is 11.8. The topological polar surface area (TPSA) is 50.7 Å². The van der Waals surface area contributed by atoms with Crippen LogP contribution >= 0.6 is 0 Å². The summed E-state index contributed by atoms with van der Waals surface area (Å²) in [5.41, 5.74) is 0. The summed E-state index contributed by atoms with van der Waals surface area (Å²) in [6.45, 7) is 4.43. The summed E-state index contributed by atoms with van der Waals surface area (Å²) < 4.78 is 10.1. The zero-order valence-corrected chi connectivity index (χ0v) is 10.4. The molecule has 4 nitrogen and oxygen atoms in total. The molecule has 0 amide bonds. The molecule has 4 heteroatoms. The van der Waals surface area contributed by atoms with Crippen molar-refractivity contribution < 1.29 is 14.6 Å². The van der Waals surface area contributed by atoms with Crippen LogP contribution in [0, 0.1) is 5.92 Å². The minimum Gasteiger partial charge on any atom is -0.389 e. The molecule has 0 aromatic heterocycles. The minimum atomic E-state index is -0.409. The van der Waals surface area contributed by atoms with Crippen molar-refractivity contribution in [1.82, 2.24) is 5.32 Å². The zero-order valence-electron chi connectivity index (χ0n) is 10.4. The Kier molecular flexibility index (Phi) is 6.96.